The number of benzene rings is 3. The Bertz CT molecular complexity index is 1290. The molecule has 3 aromatic carbocycles. The Hall–Kier alpha value is -3.53. The third-order valence-electron chi connectivity index (χ3n) is 4.62. The van der Waals surface area contributed by atoms with Gasteiger partial charge < -0.3 is 14.6 Å². The number of rotatable bonds is 9. The molecule has 0 aliphatic heterocycles. The van der Waals surface area contributed by atoms with Gasteiger partial charge in [-0.3, -0.25) is 4.79 Å². The van der Waals surface area contributed by atoms with E-state index in [2.05, 4.69) is 4.74 Å². The van der Waals surface area contributed by atoms with Crippen molar-refractivity contribution in [3.05, 3.63) is 72.3 Å². The van der Waals surface area contributed by atoms with E-state index in [0.717, 1.165) is 12.1 Å². The lowest BCUT2D eigenvalue weighted by Crippen LogP contribution is -2.17. The first-order chi connectivity index (χ1) is 16.0. The van der Waals surface area contributed by atoms with Crippen molar-refractivity contribution >= 4 is 15.8 Å². The summed E-state index contributed by atoms with van der Waals surface area (Å²) >= 11 is 0. The van der Waals surface area contributed by atoms with Crippen LogP contribution in [0.5, 0.6) is 11.5 Å². The van der Waals surface area contributed by atoms with E-state index in [9.17, 15) is 26.4 Å². The molecule has 0 bridgehead atoms. The number of halogens is 3. The van der Waals surface area contributed by atoms with Crippen LogP contribution in [0.2, 0.25) is 0 Å². The molecule has 0 saturated heterocycles. The monoisotopic (exact) mass is 494 g/mol. The highest BCUT2D eigenvalue weighted by Crippen LogP contribution is 2.32. The van der Waals surface area contributed by atoms with Crippen LogP contribution in [-0.2, 0) is 21.1 Å². The molecule has 0 radical (unpaired) electrons. The lowest BCUT2D eigenvalue weighted by atomic mass is 10.1. The number of aliphatic carboxylic acids is 1. The fourth-order valence-electron chi connectivity index (χ4n) is 3.22. The zero-order chi connectivity index (χ0) is 24.9. The summed E-state index contributed by atoms with van der Waals surface area (Å²) < 4.78 is 73.9. The number of sulfone groups is 1. The highest BCUT2D eigenvalue weighted by molar-refractivity contribution is 7.91. The van der Waals surface area contributed by atoms with E-state index in [1.807, 2.05) is 6.92 Å². The maximum absolute atomic E-state index is 13.4. The van der Waals surface area contributed by atoms with Crippen LogP contribution in [0.15, 0.2) is 76.5 Å². The van der Waals surface area contributed by atoms with Crippen LogP contribution in [0.3, 0.4) is 0 Å². The number of hydrogen-bond donors (Lipinski definition) is 1. The third kappa shape index (κ3) is 6.50. The van der Waals surface area contributed by atoms with E-state index in [1.54, 1.807) is 6.07 Å². The highest BCUT2D eigenvalue weighted by Gasteiger charge is 2.31. The minimum atomic E-state index is -4.86. The fourth-order valence-corrected chi connectivity index (χ4v) is 4.61. The lowest BCUT2D eigenvalue weighted by molar-refractivity contribution is -0.274. The van der Waals surface area contributed by atoms with Crippen molar-refractivity contribution in [3.63, 3.8) is 0 Å². The van der Waals surface area contributed by atoms with Gasteiger partial charge in [-0.1, -0.05) is 31.2 Å². The molecular formula is C24H21F3O6S. The van der Waals surface area contributed by atoms with Gasteiger partial charge in [0.1, 0.15) is 11.5 Å². The summed E-state index contributed by atoms with van der Waals surface area (Å²) in [7, 11) is -4.10. The molecule has 0 fully saturated rings. The molecule has 34 heavy (non-hydrogen) atoms. The average Bonchev–Trinajstić information content (AvgIpc) is 2.76. The summed E-state index contributed by atoms with van der Waals surface area (Å²) in [6, 6.07) is 15.0. The number of ether oxygens (including phenoxy) is 2. The van der Waals surface area contributed by atoms with E-state index < -0.39 is 34.3 Å². The molecular weight excluding hydrogens is 473 g/mol. The largest absolute Gasteiger partial charge is 0.573 e. The molecule has 0 aliphatic carbocycles. The maximum Gasteiger partial charge on any atom is 0.573 e. The molecule has 0 aromatic heterocycles. The number of alkyl halides is 3. The Balaban J connectivity index is 2.02. The van der Waals surface area contributed by atoms with Gasteiger partial charge in [0.15, 0.2) is 0 Å². The molecule has 6 nitrogen and oxygen atoms in total. The minimum Gasteiger partial charge on any atom is -0.494 e. The normalized spacial score (nSPS) is 11.8. The van der Waals surface area contributed by atoms with Gasteiger partial charge >= 0.3 is 12.3 Å². The van der Waals surface area contributed by atoms with Crippen molar-refractivity contribution in [1.29, 1.82) is 0 Å². The van der Waals surface area contributed by atoms with Crippen LogP contribution in [0, 0.1) is 0 Å². The zero-order valence-electron chi connectivity index (χ0n) is 18.0. The summed E-state index contributed by atoms with van der Waals surface area (Å²) in [6.45, 7) is 2.20. The molecule has 0 spiro atoms. The Morgan fingerprint density at radius 2 is 1.59 bits per heavy atom. The van der Waals surface area contributed by atoms with Gasteiger partial charge in [-0.2, -0.15) is 0 Å². The molecule has 0 saturated carbocycles. The Morgan fingerprint density at radius 1 is 0.912 bits per heavy atom. The summed E-state index contributed by atoms with van der Waals surface area (Å²) in [4.78, 5) is 10.9. The van der Waals surface area contributed by atoms with Crippen molar-refractivity contribution in [1.82, 2.24) is 0 Å². The Labute approximate surface area is 194 Å². The van der Waals surface area contributed by atoms with E-state index in [1.165, 1.54) is 48.5 Å². The summed E-state index contributed by atoms with van der Waals surface area (Å²) in [5, 5.41) is 9.13. The molecule has 0 unspecified atom stereocenters. The molecule has 180 valence electrons. The van der Waals surface area contributed by atoms with E-state index in [-0.39, 0.29) is 21.1 Å². The lowest BCUT2D eigenvalue weighted by Gasteiger charge is -2.13. The van der Waals surface area contributed by atoms with Gasteiger partial charge in [0, 0.05) is 0 Å². The van der Waals surface area contributed by atoms with Gasteiger partial charge in [0.25, 0.3) is 0 Å². The van der Waals surface area contributed by atoms with Crippen LogP contribution >= 0.6 is 0 Å². The van der Waals surface area contributed by atoms with E-state index >= 15 is 0 Å². The van der Waals surface area contributed by atoms with Gasteiger partial charge in [-0.25, -0.2) is 8.42 Å². The summed E-state index contributed by atoms with van der Waals surface area (Å²) in [6.07, 6.45) is -4.58. The first kappa shape index (κ1) is 25.1. The second kappa shape index (κ2) is 10.2. The molecule has 0 heterocycles. The molecule has 0 aliphatic rings. The molecule has 3 rings (SSSR count). The van der Waals surface area contributed by atoms with Crippen molar-refractivity contribution in [2.24, 2.45) is 0 Å². The fraction of sp³-hybridized carbons (Fsp3) is 0.208. The van der Waals surface area contributed by atoms with Crippen molar-refractivity contribution in [2.45, 2.75) is 35.9 Å². The van der Waals surface area contributed by atoms with Gasteiger partial charge in [-0.05, 0) is 65.6 Å². The SMILES string of the molecule is CCCOc1cc(CC(=O)O)cc(S(=O)(=O)c2cccc(-c3cccc(OC(F)(F)F)c3)c2)c1. The second-order valence-corrected chi connectivity index (χ2v) is 9.29. The van der Waals surface area contributed by atoms with Crippen molar-refractivity contribution in [3.8, 4) is 22.6 Å². The van der Waals surface area contributed by atoms with Crippen LogP contribution in [-0.4, -0.2) is 32.5 Å². The number of carboxylic acid groups (broad SMARTS) is 1. The standard InChI is InChI=1S/C24H21F3O6S/c1-2-9-32-20-10-16(12-23(28)29)11-22(15-20)34(30,31)21-8-4-6-18(14-21)17-5-3-7-19(13-17)33-24(25,26)27/h3-8,10-11,13-15H,2,9,12H2,1H3,(H,28,29). The first-order valence-electron chi connectivity index (χ1n) is 10.2. The highest BCUT2D eigenvalue weighted by atomic mass is 32.2. The summed E-state index contributed by atoms with van der Waals surface area (Å²) in [5.74, 6) is -1.33. The summed E-state index contributed by atoms with van der Waals surface area (Å²) in [5.41, 5.74) is 0.941. The first-order valence-corrected chi connectivity index (χ1v) is 11.7. The Kier molecular flexibility index (Phi) is 7.51. The van der Waals surface area contributed by atoms with E-state index in [4.69, 9.17) is 9.84 Å². The quantitative estimate of drug-likeness (QED) is 0.423. The van der Waals surface area contributed by atoms with Gasteiger partial charge in [0.05, 0.1) is 22.8 Å². The van der Waals surface area contributed by atoms with Crippen LogP contribution in [0.4, 0.5) is 13.2 Å². The van der Waals surface area contributed by atoms with Crippen LogP contribution in [0.1, 0.15) is 18.9 Å². The topological polar surface area (TPSA) is 89.9 Å². The van der Waals surface area contributed by atoms with Gasteiger partial charge in [0.2, 0.25) is 9.84 Å². The average molecular weight is 494 g/mol. The molecule has 10 heteroatoms. The number of carbonyl (C=O) groups is 1. The predicted octanol–water partition coefficient (Wildman–Crippen LogP) is 5.50. The van der Waals surface area contributed by atoms with Crippen molar-refractivity contribution < 1.29 is 41.0 Å². The van der Waals surface area contributed by atoms with E-state index in [0.29, 0.717) is 24.2 Å². The van der Waals surface area contributed by atoms with Crippen LogP contribution in [0.25, 0.3) is 11.1 Å². The molecule has 0 amide bonds. The molecule has 1 N–H and O–H groups in total. The Morgan fingerprint density at radius 3 is 2.24 bits per heavy atom. The molecule has 3 aromatic rings. The predicted molar refractivity (Wildman–Crippen MR) is 118 cm³/mol. The van der Waals surface area contributed by atoms with Crippen LogP contribution < -0.4 is 9.47 Å². The van der Waals surface area contributed by atoms with Crippen molar-refractivity contribution in [2.75, 3.05) is 6.61 Å². The second-order valence-electron chi connectivity index (χ2n) is 7.34. The number of carboxylic acids is 1. The zero-order valence-corrected chi connectivity index (χ0v) is 18.8. The van der Waals surface area contributed by atoms with Gasteiger partial charge in [-0.15, -0.1) is 13.2 Å². The minimum absolute atomic E-state index is 0.110. The maximum atomic E-state index is 13.4. The number of hydrogen-bond acceptors (Lipinski definition) is 5. The smallest absolute Gasteiger partial charge is 0.494 e. The third-order valence-corrected chi connectivity index (χ3v) is 6.35. The molecule has 0 atom stereocenters.